The fourth-order valence-corrected chi connectivity index (χ4v) is 3.90. The van der Waals surface area contributed by atoms with E-state index in [0.717, 1.165) is 37.4 Å². The van der Waals surface area contributed by atoms with Crippen molar-refractivity contribution in [2.24, 2.45) is 0 Å². The summed E-state index contributed by atoms with van der Waals surface area (Å²) in [5, 5.41) is 2.06. The van der Waals surface area contributed by atoms with Crippen LogP contribution in [-0.4, -0.2) is 43.4 Å². The number of rotatable bonds is 4. The summed E-state index contributed by atoms with van der Waals surface area (Å²) in [6.45, 7) is 2.21. The van der Waals surface area contributed by atoms with Crippen molar-refractivity contribution < 1.29 is 4.79 Å². The zero-order valence-electron chi connectivity index (χ0n) is 13.8. The molecule has 0 saturated carbocycles. The third-order valence-electron chi connectivity index (χ3n) is 4.55. The lowest BCUT2D eigenvalue weighted by Crippen LogP contribution is -2.39. The van der Waals surface area contributed by atoms with Gasteiger partial charge in [0.25, 0.3) is 5.91 Å². The Labute approximate surface area is 150 Å². The molecule has 0 radical (unpaired) electrons. The van der Waals surface area contributed by atoms with Gasteiger partial charge in [0.2, 0.25) is 0 Å². The first-order valence-electron chi connectivity index (χ1n) is 8.38. The maximum absolute atomic E-state index is 12.7. The maximum Gasteiger partial charge on any atom is 0.255 e. The van der Waals surface area contributed by atoms with Crippen LogP contribution in [-0.2, 0) is 6.54 Å². The number of likely N-dealkylation sites (tertiary alicyclic amines) is 1. The van der Waals surface area contributed by atoms with Gasteiger partial charge in [-0.3, -0.25) is 9.78 Å². The predicted molar refractivity (Wildman–Crippen MR) is 95.6 cm³/mol. The third-order valence-corrected chi connectivity index (χ3v) is 5.18. The molecular formula is C18H19N5OS. The van der Waals surface area contributed by atoms with E-state index in [1.54, 1.807) is 29.8 Å². The highest BCUT2D eigenvalue weighted by Crippen LogP contribution is 2.27. The quantitative estimate of drug-likeness (QED) is 0.723. The minimum absolute atomic E-state index is 0.0513. The number of imidazole rings is 1. The zero-order chi connectivity index (χ0) is 17.1. The van der Waals surface area contributed by atoms with Gasteiger partial charge in [0.15, 0.2) is 0 Å². The van der Waals surface area contributed by atoms with Crippen molar-refractivity contribution in [3.05, 3.63) is 64.9 Å². The summed E-state index contributed by atoms with van der Waals surface area (Å²) in [6, 6.07) is 3.62. The highest BCUT2D eigenvalue weighted by atomic mass is 32.1. The first-order chi connectivity index (χ1) is 12.3. The summed E-state index contributed by atoms with van der Waals surface area (Å²) >= 11 is 1.60. The Hall–Kier alpha value is -2.54. The smallest absolute Gasteiger partial charge is 0.255 e. The number of thiazole rings is 1. The van der Waals surface area contributed by atoms with Gasteiger partial charge in [-0.2, -0.15) is 0 Å². The van der Waals surface area contributed by atoms with Gasteiger partial charge in [0, 0.05) is 49.2 Å². The molecule has 4 heterocycles. The average molecular weight is 353 g/mol. The van der Waals surface area contributed by atoms with Crippen molar-refractivity contribution >= 4 is 17.2 Å². The van der Waals surface area contributed by atoms with Crippen molar-refractivity contribution in [3.63, 3.8) is 0 Å². The van der Waals surface area contributed by atoms with Crippen LogP contribution in [0.3, 0.4) is 0 Å². The van der Waals surface area contributed by atoms with Crippen molar-refractivity contribution in [1.82, 2.24) is 24.4 Å². The van der Waals surface area contributed by atoms with E-state index in [1.165, 1.54) is 0 Å². The summed E-state index contributed by atoms with van der Waals surface area (Å²) in [7, 11) is 0. The molecular weight excluding hydrogens is 334 g/mol. The molecule has 1 saturated heterocycles. The Morgan fingerprint density at radius 1 is 1.32 bits per heavy atom. The fraction of sp³-hybridized carbons (Fsp3) is 0.333. The molecule has 1 amide bonds. The molecule has 0 unspecified atom stereocenters. The van der Waals surface area contributed by atoms with Gasteiger partial charge in [0.05, 0.1) is 23.3 Å². The molecule has 1 aliphatic heterocycles. The first-order valence-corrected chi connectivity index (χ1v) is 9.33. The van der Waals surface area contributed by atoms with Gasteiger partial charge in [-0.15, -0.1) is 11.3 Å². The summed E-state index contributed by atoms with van der Waals surface area (Å²) in [5.41, 5.74) is 3.54. The molecule has 0 spiro atoms. The van der Waals surface area contributed by atoms with Crippen LogP contribution >= 0.6 is 11.3 Å². The van der Waals surface area contributed by atoms with E-state index in [-0.39, 0.29) is 11.8 Å². The Kier molecular flexibility index (Phi) is 4.56. The molecule has 1 aliphatic rings. The topological polar surface area (TPSA) is 63.9 Å². The molecule has 0 N–H and O–H groups in total. The Morgan fingerprint density at radius 2 is 2.28 bits per heavy atom. The molecule has 0 bridgehead atoms. The van der Waals surface area contributed by atoms with E-state index < -0.39 is 0 Å². The Balaban J connectivity index is 1.50. The highest BCUT2D eigenvalue weighted by molar-refractivity contribution is 7.07. The highest BCUT2D eigenvalue weighted by Gasteiger charge is 2.28. The van der Waals surface area contributed by atoms with Gasteiger partial charge >= 0.3 is 0 Å². The number of carbonyl (C=O) groups is 1. The minimum Gasteiger partial charge on any atom is -0.338 e. The van der Waals surface area contributed by atoms with Crippen LogP contribution in [0.5, 0.6) is 0 Å². The number of carbonyl (C=O) groups excluding carboxylic acids is 1. The van der Waals surface area contributed by atoms with Gasteiger partial charge in [-0.25, -0.2) is 9.97 Å². The molecule has 128 valence electrons. The van der Waals surface area contributed by atoms with Gasteiger partial charge in [-0.05, 0) is 25.0 Å². The fourth-order valence-electron chi connectivity index (χ4n) is 3.35. The van der Waals surface area contributed by atoms with Crippen LogP contribution in [0.4, 0.5) is 0 Å². The average Bonchev–Trinajstić information content (AvgIpc) is 3.34. The largest absolute Gasteiger partial charge is 0.338 e. The summed E-state index contributed by atoms with van der Waals surface area (Å²) in [6.07, 6.45) is 9.19. The number of aromatic nitrogens is 4. The molecule has 25 heavy (non-hydrogen) atoms. The number of hydrogen-bond donors (Lipinski definition) is 0. The maximum atomic E-state index is 12.7. The van der Waals surface area contributed by atoms with Gasteiger partial charge in [0.1, 0.15) is 5.82 Å². The van der Waals surface area contributed by atoms with Crippen LogP contribution in [0.15, 0.2) is 47.8 Å². The van der Waals surface area contributed by atoms with E-state index in [1.807, 2.05) is 28.9 Å². The second-order valence-corrected chi connectivity index (χ2v) is 6.94. The number of amides is 1. The van der Waals surface area contributed by atoms with Crippen molar-refractivity contribution in [3.8, 4) is 0 Å². The van der Waals surface area contributed by atoms with Crippen molar-refractivity contribution in [2.75, 3.05) is 13.1 Å². The molecule has 7 heteroatoms. The van der Waals surface area contributed by atoms with Gasteiger partial charge < -0.3 is 9.47 Å². The SMILES string of the molecule is O=C(c1cccnc1)N1CCC[C@H](c2nccn2Cc2cscn2)C1. The van der Waals surface area contributed by atoms with Crippen LogP contribution in [0, 0.1) is 0 Å². The zero-order valence-corrected chi connectivity index (χ0v) is 14.6. The number of hydrogen-bond acceptors (Lipinski definition) is 5. The molecule has 1 atom stereocenters. The molecule has 0 aromatic carbocycles. The van der Waals surface area contributed by atoms with Crippen LogP contribution < -0.4 is 0 Å². The minimum atomic E-state index is 0.0513. The van der Waals surface area contributed by atoms with Crippen molar-refractivity contribution in [2.45, 2.75) is 25.3 Å². The predicted octanol–water partition coefficient (Wildman–Crippen LogP) is 2.80. The summed E-state index contributed by atoms with van der Waals surface area (Å²) < 4.78 is 2.15. The lowest BCUT2D eigenvalue weighted by atomic mass is 9.96. The summed E-state index contributed by atoms with van der Waals surface area (Å²) in [4.78, 5) is 27.6. The van der Waals surface area contributed by atoms with Crippen molar-refractivity contribution in [1.29, 1.82) is 0 Å². The molecule has 1 fully saturated rings. The molecule has 4 rings (SSSR count). The molecule has 6 nitrogen and oxygen atoms in total. The van der Waals surface area contributed by atoms with Crippen LogP contribution in [0.1, 0.15) is 40.6 Å². The second kappa shape index (κ2) is 7.14. The number of nitrogens with zero attached hydrogens (tertiary/aromatic N) is 5. The van der Waals surface area contributed by atoms with Crippen LogP contribution in [0.25, 0.3) is 0 Å². The van der Waals surface area contributed by atoms with E-state index in [9.17, 15) is 4.79 Å². The summed E-state index contributed by atoms with van der Waals surface area (Å²) in [5.74, 6) is 1.34. The second-order valence-electron chi connectivity index (χ2n) is 6.23. The molecule has 0 aliphatic carbocycles. The third kappa shape index (κ3) is 3.46. The standard InChI is InChI=1S/C18H19N5OS/c24-18(14-3-1-5-19-9-14)23-7-2-4-15(10-23)17-20-6-8-22(17)11-16-12-25-13-21-16/h1,3,5-6,8-9,12-13,15H,2,4,7,10-11H2/t15-/m0/s1. The monoisotopic (exact) mass is 353 g/mol. The first kappa shape index (κ1) is 16.0. The van der Waals surface area contributed by atoms with E-state index in [2.05, 4.69) is 24.9 Å². The Morgan fingerprint density at radius 3 is 3.08 bits per heavy atom. The normalized spacial score (nSPS) is 17.6. The van der Waals surface area contributed by atoms with E-state index in [0.29, 0.717) is 12.1 Å². The molecule has 3 aromatic rings. The van der Waals surface area contributed by atoms with Gasteiger partial charge in [-0.1, -0.05) is 0 Å². The number of pyridine rings is 1. The number of piperidine rings is 1. The van der Waals surface area contributed by atoms with E-state index >= 15 is 0 Å². The van der Waals surface area contributed by atoms with Crippen LogP contribution in [0.2, 0.25) is 0 Å². The van der Waals surface area contributed by atoms with E-state index in [4.69, 9.17) is 0 Å². The molecule has 3 aromatic heterocycles. The Bertz CT molecular complexity index is 830. The lowest BCUT2D eigenvalue weighted by Gasteiger charge is -2.32. The lowest BCUT2D eigenvalue weighted by molar-refractivity contribution is 0.0703.